The number of fused-ring (bicyclic) bond motifs is 1. The molecule has 24 heavy (non-hydrogen) atoms. The Hall–Kier alpha value is -2.09. The molecule has 0 saturated carbocycles. The summed E-state index contributed by atoms with van der Waals surface area (Å²) in [6.07, 6.45) is -3.67. The van der Waals surface area contributed by atoms with E-state index in [2.05, 4.69) is 0 Å². The van der Waals surface area contributed by atoms with E-state index in [1.165, 1.54) is 6.07 Å². The van der Waals surface area contributed by atoms with Gasteiger partial charge in [-0.3, -0.25) is 4.31 Å². The van der Waals surface area contributed by atoms with Crippen LogP contribution in [0.3, 0.4) is 0 Å². The summed E-state index contributed by atoms with van der Waals surface area (Å²) < 4.78 is 79.1. The highest BCUT2D eigenvalue weighted by molar-refractivity contribution is 7.92. The Morgan fingerprint density at radius 1 is 1.04 bits per heavy atom. The zero-order valence-electron chi connectivity index (χ0n) is 12.3. The molecule has 0 fully saturated rings. The fourth-order valence-electron chi connectivity index (χ4n) is 2.77. The number of sulfonamides is 1. The van der Waals surface area contributed by atoms with E-state index in [9.17, 15) is 26.0 Å². The van der Waals surface area contributed by atoms with Gasteiger partial charge in [-0.1, -0.05) is 18.2 Å². The number of benzene rings is 2. The molecule has 1 heterocycles. The van der Waals surface area contributed by atoms with Crippen LogP contribution in [0, 0.1) is 5.82 Å². The first kappa shape index (κ1) is 16.8. The summed E-state index contributed by atoms with van der Waals surface area (Å²) in [5.74, 6) is -0.706. The van der Waals surface area contributed by atoms with Gasteiger partial charge in [-0.05, 0) is 42.7 Å². The lowest BCUT2D eigenvalue weighted by molar-refractivity contribution is -0.137. The molecule has 0 radical (unpaired) electrons. The second-order valence-electron chi connectivity index (χ2n) is 5.45. The van der Waals surface area contributed by atoms with Crippen molar-refractivity contribution in [1.82, 2.24) is 0 Å². The van der Waals surface area contributed by atoms with Crippen LogP contribution in [0.2, 0.25) is 0 Å². The van der Waals surface area contributed by atoms with Crippen LogP contribution >= 0.6 is 0 Å². The Balaban J connectivity index is 2.11. The maximum Gasteiger partial charge on any atom is 0.416 e. The van der Waals surface area contributed by atoms with Gasteiger partial charge in [0.15, 0.2) is 0 Å². The van der Waals surface area contributed by atoms with Crippen LogP contribution in [0.4, 0.5) is 23.2 Å². The number of halogens is 4. The Morgan fingerprint density at radius 3 is 2.46 bits per heavy atom. The number of rotatable bonds is 2. The number of hydrogen-bond acceptors (Lipinski definition) is 2. The van der Waals surface area contributed by atoms with Crippen LogP contribution in [-0.4, -0.2) is 15.0 Å². The van der Waals surface area contributed by atoms with Gasteiger partial charge in [0, 0.05) is 6.54 Å². The molecule has 1 aliphatic heterocycles. The third kappa shape index (κ3) is 2.86. The SMILES string of the molecule is O=S(=O)(c1cccc(C(F)(F)F)c1)N1CCCc2cccc(F)c21. The molecule has 8 heteroatoms. The summed E-state index contributed by atoms with van der Waals surface area (Å²) in [6, 6.07) is 7.72. The molecule has 0 atom stereocenters. The fourth-order valence-corrected chi connectivity index (χ4v) is 4.36. The summed E-state index contributed by atoms with van der Waals surface area (Å²) in [7, 11) is -4.29. The lowest BCUT2D eigenvalue weighted by atomic mass is 10.0. The predicted molar refractivity (Wildman–Crippen MR) is 80.7 cm³/mol. The monoisotopic (exact) mass is 359 g/mol. The van der Waals surface area contributed by atoms with Crippen LogP contribution in [0.5, 0.6) is 0 Å². The molecule has 1 aliphatic rings. The fraction of sp³-hybridized carbons (Fsp3) is 0.250. The van der Waals surface area contributed by atoms with Crippen molar-refractivity contribution < 1.29 is 26.0 Å². The minimum atomic E-state index is -4.66. The molecule has 0 unspecified atom stereocenters. The van der Waals surface area contributed by atoms with E-state index in [-0.39, 0.29) is 12.2 Å². The second-order valence-corrected chi connectivity index (χ2v) is 7.32. The number of alkyl halides is 3. The van der Waals surface area contributed by atoms with E-state index >= 15 is 0 Å². The molecular weight excluding hydrogens is 346 g/mol. The van der Waals surface area contributed by atoms with Crippen LogP contribution in [-0.2, 0) is 22.6 Å². The Morgan fingerprint density at radius 2 is 1.75 bits per heavy atom. The van der Waals surface area contributed by atoms with Crippen molar-refractivity contribution >= 4 is 15.7 Å². The lowest BCUT2D eigenvalue weighted by Crippen LogP contribution is -2.36. The first-order chi connectivity index (χ1) is 11.2. The molecule has 0 amide bonds. The van der Waals surface area contributed by atoms with Gasteiger partial charge in [0.1, 0.15) is 5.82 Å². The minimum absolute atomic E-state index is 0.0203. The van der Waals surface area contributed by atoms with Crippen LogP contribution < -0.4 is 4.31 Å². The van der Waals surface area contributed by atoms with E-state index in [1.54, 1.807) is 6.07 Å². The highest BCUT2D eigenvalue weighted by atomic mass is 32.2. The molecule has 3 rings (SSSR count). The van der Waals surface area contributed by atoms with Crippen LogP contribution in [0.25, 0.3) is 0 Å². The third-order valence-corrected chi connectivity index (χ3v) is 5.67. The normalized spacial score (nSPS) is 15.2. The van der Waals surface area contributed by atoms with Gasteiger partial charge >= 0.3 is 6.18 Å². The maximum absolute atomic E-state index is 14.1. The molecule has 0 N–H and O–H groups in total. The lowest BCUT2D eigenvalue weighted by Gasteiger charge is -2.30. The highest BCUT2D eigenvalue weighted by Gasteiger charge is 2.35. The highest BCUT2D eigenvalue weighted by Crippen LogP contribution is 2.36. The van der Waals surface area contributed by atoms with Crippen molar-refractivity contribution in [2.75, 3.05) is 10.8 Å². The van der Waals surface area contributed by atoms with Gasteiger partial charge in [0.2, 0.25) is 0 Å². The Bertz CT molecular complexity index is 878. The molecule has 0 spiro atoms. The van der Waals surface area contributed by atoms with Gasteiger partial charge in [0.05, 0.1) is 16.1 Å². The third-order valence-electron chi connectivity index (χ3n) is 3.88. The van der Waals surface area contributed by atoms with Crippen molar-refractivity contribution in [3.63, 3.8) is 0 Å². The largest absolute Gasteiger partial charge is 0.416 e. The summed E-state index contributed by atoms with van der Waals surface area (Å²) in [4.78, 5) is -0.506. The van der Waals surface area contributed by atoms with Crippen molar-refractivity contribution in [2.45, 2.75) is 23.9 Å². The Kier molecular flexibility index (Phi) is 4.03. The second kappa shape index (κ2) is 5.77. The smallest absolute Gasteiger partial charge is 0.263 e. The first-order valence-corrected chi connectivity index (χ1v) is 8.62. The standard InChI is InChI=1S/C16H13F4NO2S/c17-14-8-1-4-11-5-3-9-21(15(11)14)24(22,23)13-7-2-6-12(10-13)16(18,19)20/h1-2,4,6-8,10H,3,5,9H2. The molecule has 128 valence electrons. The molecule has 0 saturated heterocycles. The molecule has 3 nitrogen and oxygen atoms in total. The van der Waals surface area contributed by atoms with Gasteiger partial charge in [-0.25, -0.2) is 12.8 Å². The summed E-state index contributed by atoms with van der Waals surface area (Å²) in [5.41, 5.74) is -0.618. The summed E-state index contributed by atoms with van der Waals surface area (Å²) in [6.45, 7) is 0.0203. The Labute approximate surface area is 136 Å². The number of para-hydroxylation sites is 1. The van der Waals surface area contributed by atoms with Crippen molar-refractivity contribution in [3.05, 3.63) is 59.4 Å². The zero-order valence-corrected chi connectivity index (χ0v) is 13.2. The average Bonchev–Trinajstić information content (AvgIpc) is 2.54. The van der Waals surface area contributed by atoms with E-state index in [1.807, 2.05) is 0 Å². The molecule has 0 bridgehead atoms. The van der Waals surface area contributed by atoms with Gasteiger partial charge in [-0.2, -0.15) is 13.2 Å². The van der Waals surface area contributed by atoms with Crippen LogP contribution in [0.1, 0.15) is 17.5 Å². The molecule has 2 aromatic carbocycles. The first-order valence-electron chi connectivity index (χ1n) is 7.18. The van der Waals surface area contributed by atoms with E-state index in [4.69, 9.17) is 0 Å². The number of aryl methyl sites for hydroxylation is 1. The quantitative estimate of drug-likeness (QED) is 0.761. The van der Waals surface area contributed by atoms with E-state index in [0.717, 1.165) is 28.6 Å². The molecule has 2 aromatic rings. The van der Waals surface area contributed by atoms with E-state index in [0.29, 0.717) is 24.5 Å². The number of nitrogens with zero attached hydrogens (tertiary/aromatic N) is 1. The molecule has 0 aromatic heterocycles. The predicted octanol–water partition coefficient (Wildman–Crippen LogP) is 3.99. The topological polar surface area (TPSA) is 37.4 Å². The number of hydrogen-bond donors (Lipinski definition) is 0. The van der Waals surface area contributed by atoms with Gasteiger partial charge in [-0.15, -0.1) is 0 Å². The maximum atomic E-state index is 14.1. The van der Waals surface area contributed by atoms with Crippen molar-refractivity contribution in [3.8, 4) is 0 Å². The van der Waals surface area contributed by atoms with Crippen molar-refractivity contribution in [2.24, 2.45) is 0 Å². The van der Waals surface area contributed by atoms with Gasteiger partial charge in [0.25, 0.3) is 10.0 Å². The minimum Gasteiger partial charge on any atom is -0.263 e. The van der Waals surface area contributed by atoms with E-state index < -0.39 is 32.5 Å². The van der Waals surface area contributed by atoms with Gasteiger partial charge < -0.3 is 0 Å². The summed E-state index contributed by atoms with van der Waals surface area (Å²) in [5, 5.41) is 0. The van der Waals surface area contributed by atoms with Crippen molar-refractivity contribution in [1.29, 1.82) is 0 Å². The molecule has 0 aliphatic carbocycles. The van der Waals surface area contributed by atoms with Crippen LogP contribution in [0.15, 0.2) is 47.4 Å². The zero-order chi connectivity index (χ0) is 17.5. The summed E-state index contributed by atoms with van der Waals surface area (Å²) >= 11 is 0. The number of anilines is 1. The average molecular weight is 359 g/mol. The molecular formula is C16H13F4NO2S.